The van der Waals surface area contributed by atoms with Crippen LogP contribution < -0.4 is 17.2 Å². The summed E-state index contributed by atoms with van der Waals surface area (Å²) in [7, 11) is 0. The van der Waals surface area contributed by atoms with Crippen molar-refractivity contribution in [2.24, 2.45) is 5.73 Å². The van der Waals surface area contributed by atoms with Crippen LogP contribution in [0.5, 0.6) is 0 Å². The zero-order chi connectivity index (χ0) is 15.7. The molecule has 2 heterocycles. The summed E-state index contributed by atoms with van der Waals surface area (Å²) in [5, 5.41) is 14.9. The van der Waals surface area contributed by atoms with Crippen molar-refractivity contribution < 1.29 is 0 Å². The lowest BCUT2D eigenvalue weighted by atomic mass is 9.99. The molecule has 0 saturated carbocycles. The van der Waals surface area contributed by atoms with E-state index in [4.69, 9.17) is 22.6 Å². The number of hydrogen-bond donors (Lipinski definition) is 5. The molecule has 0 aliphatic rings. The molecule has 2 aromatic heterocycles. The van der Waals surface area contributed by atoms with Gasteiger partial charge in [-0.25, -0.2) is 4.98 Å². The third kappa shape index (κ3) is 2.24. The standard InChI is InChI=1S/C15H15N7/c16-3-1-12(17)10-5-9(8-2-4-20-13(18)7-8)6-11-14(10)21-22-15(11)19/h1-7,16H,17H2,(H2,18,20)(H3,19,21,22)/b12-1-,16-3?. The van der Waals surface area contributed by atoms with Gasteiger partial charge in [0.1, 0.15) is 5.82 Å². The molecule has 7 heteroatoms. The summed E-state index contributed by atoms with van der Waals surface area (Å²) in [5.74, 6) is 0.824. The summed E-state index contributed by atoms with van der Waals surface area (Å²) in [5.41, 5.74) is 21.4. The number of anilines is 2. The van der Waals surface area contributed by atoms with Gasteiger partial charge in [-0.05, 0) is 41.5 Å². The molecule has 0 fully saturated rings. The third-order valence-electron chi connectivity index (χ3n) is 3.39. The molecule has 0 aliphatic carbocycles. The number of aromatic amines is 1. The molecule has 1 aromatic carbocycles. The maximum Gasteiger partial charge on any atom is 0.153 e. The van der Waals surface area contributed by atoms with Crippen LogP contribution >= 0.6 is 0 Å². The van der Waals surface area contributed by atoms with E-state index in [0.717, 1.165) is 33.8 Å². The lowest BCUT2D eigenvalue weighted by molar-refractivity contribution is 1.12. The number of nitrogens with zero attached hydrogens (tertiary/aromatic N) is 2. The molecule has 0 saturated heterocycles. The van der Waals surface area contributed by atoms with Crippen LogP contribution in [0, 0.1) is 5.41 Å². The maximum absolute atomic E-state index is 7.18. The van der Waals surface area contributed by atoms with Crippen molar-refractivity contribution in [1.82, 2.24) is 15.2 Å². The lowest BCUT2D eigenvalue weighted by Gasteiger charge is -2.08. The average Bonchev–Trinajstić information content (AvgIpc) is 2.88. The number of aromatic nitrogens is 3. The predicted molar refractivity (Wildman–Crippen MR) is 89.1 cm³/mol. The van der Waals surface area contributed by atoms with Crippen molar-refractivity contribution in [3.05, 3.63) is 42.1 Å². The number of fused-ring (bicyclic) bond motifs is 1. The van der Waals surface area contributed by atoms with Gasteiger partial charge in [0.15, 0.2) is 5.82 Å². The normalized spacial score (nSPS) is 11.7. The molecule has 22 heavy (non-hydrogen) atoms. The predicted octanol–water partition coefficient (Wildman–Crippen LogP) is 1.74. The molecule has 3 aromatic rings. The number of H-pyrrole nitrogens is 1. The molecule has 110 valence electrons. The Labute approximate surface area is 126 Å². The van der Waals surface area contributed by atoms with Gasteiger partial charge in [-0.3, -0.25) is 5.10 Å². The minimum absolute atomic E-state index is 0.391. The SMILES string of the molecule is N=C/C=C(\N)c1cc(-c2ccnc(N)c2)cc2c(N)n[nH]c12. The molecule has 3 rings (SSSR count). The number of benzene rings is 1. The monoisotopic (exact) mass is 293 g/mol. The van der Waals surface area contributed by atoms with E-state index < -0.39 is 0 Å². The number of allylic oxidation sites excluding steroid dienone is 1. The number of pyridine rings is 1. The highest BCUT2D eigenvalue weighted by atomic mass is 15.2. The quantitative estimate of drug-likeness (QED) is 0.467. The second kappa shape index (κ2) is 5.21. The molecule has 0 amide bonds. The lowest BCUT2D eigenvalue weighted by Crippen LogP contribution is -1.99. The topological polar surface area (TPSA) is 143 Å². The highest BCUT2D eigenvalue weighted by Crippen LogP contribution is 2.31. The van der Waals surface area contributed by atoms with Crippen LogP contribution in [0.25, 0.3) is 27.7 Å². The maximum atomic E-state index is 7.18. The van der Waals surface area contributed by atoms with E-state index in [2.05, 4.69) is 15.2 Å². The molecule has 0 aliphatic heterocycles. The van der Waals surface area contributed by atoms with Crippen LogP contribution in [-0.2, 0) is 0 Å². The molecule has 7 nitrogen and oxygen atoms in total. The second-order valence-corrected chi connectivity index (χ2v) is 4.81. The molecule has 0 unspecified atom stereocenters. The van der Waals surface area contributed by atoms with Gasteiger partial charge in [0.2, 0.25) is 0 Å². The smallest absolute Gasteiger partial charge is 0.153 e. The Morgan fingerprint density at radius 3 is 2.73 bits per heavy atom. The molecule has 0 bridgehead atoms. The van der Waals surface area contributed by atoms with Crippen LogP contribution in [0.15, 0.2) is 36.5 Å². The van der Waals surface area contributed by atoms with Crippen molar-refractivity contribution in [1.29, 1.82) is 5.41 Å². The van der Waals surface area contributed by atoms with Gasteiger partial charge in [-0.2, -0.15) is 5.10 Å². The Morgan fingerprint density at radius 1 is 1.18 bits per heavy atom. The van der Waals surface area contributed by atoms with E-state index in [1.807, 2.05) is 18.2 Å². The van der Waals surface area contributed by atoms with Gasteiger partial charge in [0.25, 0.3) is 0 Å². The van der Waals surface area contributed by atoms with Gasteiger partial charge in [-0.1, -0.05) is 0 Å². The molecular weight excluding hydrogens is 278 g/mol. The first-order valence-corrected chi connectivity index (χ1v) is 6.56. The largest absolute Gasteiger partial charge is 0.398 e. The summed E-state index contributed by atoms with van der Waals surface area (Å²) < 4.78 is 0. The van der Waals surface area contributed by atoms with Crippen LogP contribution in [-0.4, -0.2) is 21.4 Å². The van der Waals surface area contributed by atoms with Crippen molar-refractivity contribution in [2.45, 2.75) is 0 Å². The zero-order valence-corrected chi connectivity index (χ0v) is 11.7. The van der Waals surface area contributed by atoms with Crippen molar-refractivity contribution in [2.75, 3.05) is 11.5 Å². The molecule has 0 spiro atoms. The number of rotatable bonds is 3. The first kappa shape index (κ1) is 13.6. The number of nitrogen functional groups attached to an aromatic ring is 2. The number of nitrogens with one attached hydrogen (secondary N) is 2. The van der Waals surface area contributed by atoms with Crippen LogP contribution in [0.2, 0.25) is 0 Å². The zero-order valence-electron chi connectivity index (χ0n) is 11.7. The molecule has 0 atom stereocenters. The molecule has 8 N–H and O–H groups in total. The van der Waals surface area contributed by atoms with Gasteiger partial charge < -0.3 is 22.6 Å². The Kier molecular flexibility index (Phi) is 3.23. The van der Waals surface area contributed by atoms with Crippen molar-refractivity contribution in [3.63, 3.8) is 0 Å². The van der Waals surface area contributed by atoms with E-state index in [1.165, 1.54) is 6.08 Å². The average molecular weight is 293 g/mol. The Bertz CT molecular complexity index is 892. The Hall–Kier alpha value is -3.35. The van der Waals surface area contributed by atoms with Crippen LogP contribution in [0.4, 0.5) is 11.6 Å². The van der Waals surface area contributed by atoms with E-state index in [1.54, 1.807) is 12.3 Å². The summed E-state index contributed by atoms with van der Waals surface area (Å²) in [6, 6.07) is 7.46. The summed E-state index contributed by atoms with van der Waals surface area (Å²) >= 11 is 0. The minimum Gasteiger partial charge on any atom is -0.398 e. The number of nitrogens with two attached hydrogens (primary N) is 3. The van der Waals surface area contributed by atoms with Gasteiger partial charge >= 0.3 is 0 Å². The van der Waals surface area contributed by atoms with Crippen molar-refractivity contribution in [3.8, 4) is 11.1 Å². The highest BCUT2D eigenvalue weighted by Gasteiger charge is 2.12. The fourth-order valence-electron chi connectivity index (χ4n) is 2.34. The van der Waals surface area contributed by atoms with E-state index in [-0.39, 0.29) is 0 Å². The molecular formula is C15H15N7. The minimum atomic E-state index is 0.391. The van der Waals surface area contributed by atoms with E-state index >= 15 is 0 Å². The van der Waals surface area contributed by atoms with Crippen LogP contribution in [0.1, 0.15) is 5.56 Å². The van der Waals surface area contributed by atoms with Gasteiger partial charge in [-0.15, -0.1) is 0 Å². The van der Waals surface area contributed by atoms with Crippen LogP contribution in [0.3, 0.4) is 0 Å². The van der Waals surface area contributed by atoms with Crippen molar-refractivity contribution >= 4 is 34.5 Å². The number of hydrogen-bond acceptors (Lipinski definition) is 6. The molecule has 0 radical (unpaired) electrons. The van der Waals surface area contributed by atoms with E-state index in [9.17, 15) is 0 Å². The summed E-state index contributed by atoms with van der Waals surface area (Å²) in [6.45, 7) is 0. The fraction of sp³-hybridized carbons (Fsp3) is 0. The Balaban J connectivity index is 2.30. The fourth-order valence-corrected chi connectivity index (χ4v) is 2.34. The van der Waals surface area contributed by atoms with Gasteiger partial charge in [0, 0.05) is 29.1 Å². The Morgan fingerprint density at radius 2 is 2.00 bits per heavy atom. The van der Waals surface area contributed by atoms with Gasteiger partial charge in [0.05, 0.1) is 5.52 Å². The highest BCUT2D eigenvalue weighted by molar-refractivity contribution is 6.01. The first-order chi connectivity index (χ1) is 10.6. The second-order valence-electron chi connectivity index (χ2n) is 4.81. The first-order valence-electron chi connectivity index (χ1n) is 6.56. The summed E-state index contributed by atoms with van der Waals surface area (Å²) in [4.78, 5) is 3.99. The third-order valence-corrected chi connectivity index (χ3v) is 3.39. The van der Waals surface area contributed by atoms with E-state index in [0.29, 0.717) is 17.3 Å². The summed E-state index contributed by atoms with van der Waals surface area (Å²) in [6.07, 6.45) is 4.29.